The molecule has 7 heteroatoms. The van der Waals surface area contributed by atoms with Crippen LogP contribution in [0.1, 0.15) is 24.8 Å². The highest BCUT2D eigenvalue weighted by atomic mass is 79.9. The molecule has 1 aromatic carbocycles. The summed E-state index contributed by atoms with van der Waals surface area (Å²) >= 11 is 3.35. The number of sulfonamides is 1. The maximum Gasteiger partial charge on any atom is 0.238 e. The number of hydrogen-bond donors (Lipinski definition) is 1. The van der Waals surface area contributed by atoms with Crippen LogP contribution >= 0.6 is 15.9 Å². The first-order valence-electron chi connectivity index (χ1n) is 7.10. The third-order valence-electron chi connectivity index (χ3n) is 3.64. The third kappa shape index (κ3) is 4.18. The first kappa shape index (κ1) is 17.2. The molecule has 22 heavy (non-hydrogen) atoms. The molecule has 1 fully saturated rings. The van der Waals surface area contributed by atoms with Gasteiger partial charge in [0.05, 0.1) is 0 Å². The van der Waals surface area contributed by atoms with Gasteiger partial charge < -0.3 is 5.32 Å². The molecule has 0 saturated carbocycles. The molecule has 0 aromatic heterocycles. The van der Waals surface area contributed by atoms with Gasteiger partial charge in [0.25, 0.3) is 0 Å². The summed E-state index contributed by atoms with van der Waals surface area (Å²) in [5.41, 5.74) is 0.825. The molecule has 1 aliphatic heterocycles. The molecule has 1 amide bonds. The Morgan fingerprint density at radius 3 is 2.64 bits per heavy atom. The number of nitrogens with zero attached hydrogens (tertiary/aromatic N) is 1. The highest BCUT2D eigenvalue weighted by Gasteiger charge is 2.33. The predicted molar refractivity (Wildman–Crippen MR) is 89.5 cm³/mol. The maximum atomic E-state index is 12.3. The van der Waals surface area contributed by atoms with E-state index < -0.39 is 16.1 Å². The van der Waals surface area contributed by atoms with E-state index in [0.717, 1.165) is 28.3 Å². The van der Waals surface area contributed by atoms with Crippen LogP contribution in [0.15, 0.2) is 40.7 Å². The van der Waals surface area contributed by atoms with Gasteiger partial charge in [0.1, 0.15) is 6.04 Å². The lowest BCUT2D eigenvalue weighted by molar-refractivity contribution is -0.124. The summed E-state index contributed by atoms with van der Waals surface area (Å²) in [4.78, 5) is 12.2. The van der Waals surface area contributed by atoms with Crippen molar-refractivity contribution in [3.63, 3.8) is 0 Å². The Balaban J connectivity index is 2.31. The van der Waals surface area contributed by atoms with Crippen LogP contribution in [0.4, 0.5) is 0 Å². The number of benzene rings is 1. The van der Waals surface area contributed by atoms with Gasteiger partial charge in [0, 0.05) is 23.0 Å². The molecule has 1 atom stereocenters. The van der Waals surface area contributed by atoms with E-state index in [0.29, 0.717) is 13.0 Å². The van der Waals surface area contributed by atoms with Crippen LogP contribution in [0.5, 0.6) is 0 Å². The lowest BCUT2D eigenvalue weighted by Gasteiger charge is -2.27. The fourth-order valence-corrected chi connectivity index (χ4v) is 3.78. The van der Waals surface area contributed by atoms with Crippen LogP contribution in [0, 0.1) is 0 Å². The Hall–Kier alpha value is -1.18. The quantitative estimate of drug-likeness (QED) is 0.844. The van der Waals surface area contributed by atoms with Gasteiger partial charge in [-0.25, -0.2) is 8.42 Å². The molecule has 0 aliphatic carbocycles. The second-order valence-corrected chi connectivity index (χ2v) is 7.93. The van der Waals surface area contributed by atoms with Gasteiger partial charge in [-0.2, -0.15) is 4.31 Å². The summed E-state index contributed by atoms with van der Waals surface area (Å²) in [5.74, 6) is -0.236. The minimum atomic E-state index is -3.69. The van der Waals surface area contributed by atoms with Gasteiger partial charge >= 0.3 is 0 Å². The fourth-order valence-electron chi connectivity index (χ4n) is 2.44. The predicted octanol–water partition coefficient (Wildman–Crippen LogP) is 2.39. The van der Waals surface area contributed by atoms with Crippen molar-refractivity contribution in [1.29, 1.82) is 0 Å². The molecule has 1 N–H and O–H groups in total. The lowest BCUT2D eigenvalue weighted by Crippen LogP contribution is -2.47. The monoisotopic (exact) mass is 386 g/mol. The Morgan fingerprint density at radius 1 is 1.32 bits per heavy atom. The summed E-state index contributed by atoms with van der Waals surface area (Å²) in [7, 11) is -3.69. The summed E-state index contributed by atoms with van der Waals surface area (Å²) in [6.07, 6.45) is 2.20. The largest absolute Gasteiger partial charge is 0.355 e. The fraction of sp³-hybridized carbons (Fsp3) is 0.400. The molecule has 5 nitrogen and oxygen atoms in total. The number of hydrogen-bond acceptors (Lipinski definition) is 3. The standard InChI is InChI=1S/C15H19BrN2O3S/c1-2-22(20,21)18(11-12-6-8-13(16)9-7-12)14-5-3-4-10-17-15(14)19/h2,6-9,14H,1,3-5,10-11H2,(H,17,19). The molecule has 1 aliphatic rings. The molecule has 0 spiro atoms. The molecule has 1 unspecified atom stereocenters. The Labute approximate surface area is 139 Å². The zero-order valence-corrected chi connectivity index (χ0v) is 14.6. The van der Waals surface area contributed by atoms with Crippen molar-refractivity contribution in [2.24, 2.45) is 0 Å². The van der Waals surface area contributed by atoms with Crippen molar-refractivity contribution in [1.82, 2.24) is 9.62 Å². The van der Waals surface area contributed by atoms with E-state index in [1.54, 1.807) is 0 Å². The molecule has 1 saturated heterocycles. The van der Waals surface area contributed by atoms with Crippen molar-refractivity contribution in [3.05, 3.63) is 46.3 Å². The maximum absolute atomic E-state index is 12.3. The molecule has 1 aromatic rings. The smallest absolute Gasteiger partial charge is 0.238 e. The highest BCUT2D eigenvalue weighted by Crippen LogP contribution is 2.21. The SMILES string of the molecule is C=CS(=O)(=O)N(Cc1ccc(Br)cc1)C1CCCCNC1=O. The topological polar surface area (TPSA) is 66.5 Å². The van der Waals surface area contributed by atoms with Crippen LogP contribution in [-0.4, -0.2) is 31.2 Å². The van der Waals surface area contributed by atoms with E-state index in [1.807, 2.05) is 24.3 Å². The Morgan fingerprint density at radius 2 is 2.00 bits per heavy atom. The van der Waals surface area contributed by atoms with Gasteiger partial charge in [0.2, 0.25) is 15.9 Å². The zero-order valence-electron chi connectivity index (χ0n) is 12.2. The summed E-state index contributed by atoms with van der Waals surface area (Å²) in [6, 6.07) is 6.69. The summed E-state index contributed by atoms with van der Waals surface area (Å²) < 4.78 is 26.9. The van der Waals surface area contributed by atoms with Crippen LogP contribution in [0.25, 0.3) is 0 Å². The number of amides is 1. The van der Waals surface area contributed by atoms with E-state index in [9.17, 15) is 13.2 Å². The average Bonchev–Trinajstić information content (AvgIpc) is 2.71. The van der Waals surface area contributed by atoms with Crippen molar-refractivity contribution in [3.8, 4) is 0 Å². The van der Waals surface area contributed by atoms with E-state index in [1.165, 1.54) is 4.31 Å². The summed E-state index contributed by atoms with van der Waals surface area (Å²) in [5, 5.41) is 3.69. The van der Waals surface area contributed by atoms with Crippen LogP contribution in [0.3, 0.4) is 0 Å². The number of carbonyl (C=O) groups is 1. The minimum Gasteiger partial charge on any atom is -0.355 e. The van der Waals surface area contributed by atoms with Crippen LogP contribution < -0.4 is 5.32 Å². The summed E-state index contributed by atoms with van der Waals surface area (Å²) in [6.45, 7) is 4.13. The normalized spacial score (nSPS) is 19.5. The van der Waals surface area contributed by atoms with Crippen LogP contribution in [0.2, 0.25) is 0 Å². The van der Waals surface area contributed by atoms with Crippen molar-refractivity contribution in [2.45, 2.75) is 31.8 Å². The average molecular weight is 387 g/mol. The molecular formula is C15H19BrN2O3S. The second kappa shape index (κ2) is 7.39. The zero-order chi connectivity index (χ0) is 16.2. The van der Waals surface area contributed by atoms with Gasteiger partial charge in [-0.15, -0.1) is 0 Å². The molecule has 1 heterocycles. The first-order valence-corrected chi connectivity index (χ1v) is 9.40. The number of halogens is 1. The Kier molecular flexibility index (Phi) is 5.77. The number of carbonyl (C=O) groups excluding carboxylic acids is 1. The number of nitrogens with one attached hydrogen (secondary N) is 1. The van der Waals surface area contributed by atoms with Crippen molar-refractivity contribution >= 4 is 31.9 Å². The highest BCUT2D eigenvalue weighted by molar-refractivity contribution is 9.10. The molecule has 2 rings (SSSR count). The Bertz CT molecular complexity index is 643. The lowest BCUT2D eigenvalue weighted by atomic mass is 10.1. The molecule has 0 radical (unpaired) electrons. The first-order chi connectivity index (χ1) is 10.4. The van der Waals surface area contributed by atoms with E-state index >= 15 is 0 Å². The van der Waals surface area contributed by atoms with Crippen molar-refractivity contribution in [2.75, 3.05) is 6.54 Å². The second-order valence-electron chi connectivity index (χ2n) is 5.19. The number of rotatable bonds is 5. The van der Waals surface area contributed by atoms with Gasteiger partial charge in [-0.05, 0) is 37.0 Å². The molecule has 120 valence electrons. The van der Waals surface area contributed by atoms with Crippen LogP contribution in [-0.2, 0) is 21.4 Å². The molecular weight excluding hydrogens is 368 g/mol. The van der Waals surface area contributed by atoms with Gasteiger partial charge in [-0.1, -0.05) is 34.6 Å². The van der Waals surface area contributed by atoms with Crippen molar-refractivity contribution < 1.29 is 13.2 Å². The minimum absolute atomic E-state index is 0.152. The van der Waals surface area contributed by atoms with E-state index in [2.05, 4.69) is 27.8 Å². The third-order valence-corrected chi connectivity index (χ3v) is 5.63. The van der Waals surface area contributed by atoms with E-state index in [-0.39, 0.29) is 12.5 Å². The van der Waals surface area contributed by atoms with Gasteiger partial charge in [0.15, 0.2) is 0 Å². The molecule has 0 bridgehead atoms. The van der Waals surface area contributed by atoms with E-state index in [4.69, 9.17) is 0 Å². The van der Waals surface area contributed by atoms with Gasteiger partial charge in [-0.3, -0.25) is 4.79 Å².